The Morgan fingerprint density at radius 2 is 2.11 bits per heavy atom. The van der Waals surface area contributed by atoms with Gasteiger partial charge in [0.1, 0.15) is 5.69 Å². The average Bonchev–Trinajstić information content (AvgIpc) is 2.58. The standard InChI is InChI=1S/C12H19N3O3/c1-8-7-9(14-15(8)4)10(16)13-6-5-12(2,3)11(17)18/h7H,5-6H2,1-4H3,(H,13,16)(H,17,18). The van der Waals surface area contributed by atoms with E-state index in [1.165, 1.54) is 0 Å². The first-order valence-electron chi connectivity index (χ1n) is 5.76. The highest BCUT2D eigenvalue weighted by molar-refractivity contribution is 5.92. The second-order valence-electron chi connectivity index (χ2n) is 4.99. The van der Waals surface area contributed by atoms with Crippen molar-refractivity contribution in [1.29, 1.82) is 0 Å². The lowest BCUT2D eigenvalue weighted by molar-refractivity contribution is -0.147. The fourth-order valence-electron chi connectivity index (χ4n) is 1.36. The van der Waals surface area contributed by atoms with Crippen molar-refractivity contribution in [3.05, 3.63) is 17.5 Å². The van der Waals surface area contributed by atoms with Crippen LogP contribution in [-0.4, -0.2) is 33.3 Å². The topological polar surface area (TPSA) is 84.2 Å². The summed E-state index contributed by atoms with van der Waals surface area (Å²) >= 11 is 0. The molecule has 1 rings (SSSR count). The summed E-state index contributed by atoms with van der Waals surface area (Å²) in [6.45, 7) is 5.43. The molecule has 0 unspecified atom stereocenters. The van der Waals surface area contributed by atoms with Gasteiger partial charge in [0.2, 0.25) is 0 Å². The molecule has 0 aromatic carbocycles. The number of aliphatic carboxylic acids is 1. The van der Waals surface area contributed by atoms with E-state index < -0.39 is 11.4 Å². The number of amides is 1. The van der Waals surface area contributed by atoms with Crippen LogP contribution in [0.25, 0.3) is 0 Å². The number of carboxylic acid groups (broad SMARTS) is 1. The number of aromatic nitrogens is 2. The molecule has 6 nitrogen and oxygen atoms in total. The third-order valence-corrected chi connectivity index (χ3v) is 2.96. The Hall–Kier alpha value is -1.85. The van der Waals surface area contributed by atoms with E-state index in [0.717, 1.165) is 5.69 Å². The number of hydrogen-bond donors (Lipinski definition) is 2. The molecule has 0 fully saturated rings. The van der Waals surface area contributed by atoms with E-state index in [1.54, 1.807) is 31.6 Å². The van der Waals surface area contributed by atoms with Gasteiger partial charge in [0.15, 0.2) is 0 Å². The first kappa shape index (κ1) is 14.2. The lowest BCUT2D eigenvalue weighted by Crippen LogP contribution is -2.32. The van der Waals surface area contributed by atoms with E-state index in [-0.39, 0.29) is 5.91 Å². The molecule has 0 spiro atoms. The van der Waals surface area contributed by atoms with Gasteiger partial charge < -0.3 is 10.4 Å². The summed E-state index contributed by atoms with van der Waals surface area (Å²) in [5.74, 6) is -1.15. The Morgan fingerprint density at radius 3 is 2.56 bits per heavy atom. The first-order chi connectivity index (χ1) is 8.24. The molecule has 6 heteroatoms. The number of carboxylic acids is 1. The summed E-state index contributed by atoms with van der Waals surface area (Å²) in [4.78, 5) is 22.6. The van der Waals surface area contributed by atoms with Gasteiger partial charge in [0.25, 0.3) is 5.91 Å². The predicted octanol–water partition coefficient (Wildman–Crippen LogP) is 0.959. The van der Waals surface area contributed by atoms with Crippen LogP contribution in [0.15, 0.2) is 6.07 Å². The zero-order valence-electron chi connectivity index (χ0n) is 11.1. The van der Waals surface area contributed by atoms with Gasteiger partial charge in [-0.15, -0.1) is 0 Å². The molecule has 0 saturated heterocycles. The van der Waals surface area contributed by atoms with Crippen molar-refractivity contribution in [2.75, 3.05) is 6.54 Å². The zero-order chi connectivity index (χ0) is 13.9. The lowest BCUT2D eigenvalue weighted by atomic mass is 9.90. The van der Waals surface area contributed by atoms with Gasteiger partial charge in [-0.25, -0.2) is 0 Å². The van der Waals surface area contributed by atoms with Gasteiger partial charge in [0.05, 0.1) is 5.41 Å². The quantitative estimate of drug-likeness (QED) is 0.818. The molecule has 1 amide bonds. The SMILES string of the molecule is Cc1cc(C(=O)NCCC(C)(C)C(=O)O)nn1C. The summed E-state index contributed by atoms with van der Waals surface area (Å²) in [5, 5.41) is 15.7. The number of nitrogens with one attached hydrogen (secondary N) is 1. The van der Waals surface area contributed by atoms with Crippen LogP contribution in [0.5, 0.6) is 0 Å². The fraction of sp³-hybridized carbons (Fsp3) is 0.583. The molecule has 0 atom stereocenters. The fourth-order valence-corrected chi connectivity index (χ4v) is 1.36. The van der Waals surface area contributed by atoms with Crippen molar-refractivity contribution in [2.45, 2.75) is 27.2 Å². The highest BCUT2D eigenvalue weighted by Gasteiger charge is 2.26. The van der Waals surface area contributed by atoms with E-state index in [0.29, 0.717) is 18.7 Å². The van der Waals surface area contributed by atoms with Crippen LogP contribution in [-0.2, 0) is 11.8 Å². The molecule has 0 radical (unpaired) electrons. The number of nitrogens with zero attached hydrogens (tertiary/aromatic N) is 2. The maximum atomic E-state index is 11.7. The van der Waals surface area contributed by atoms with Gasteiger partial charge >= 0.3 is 5.97 Å². The summed E-state index contributed by atoms with van der Waals surface area (Å²) in [7, 11) is 1.76. The van der Waals surface area contributed by atoms with E-state index in [1.807, 2.05) is 6.92 Å². The van der Waals surface area contributed by atoms with Crippen molar-refractivity contribution in [1.82, 2.24) is 15.1 Å². The Morgan fingerprint density at radius 1 is 1.50 bits per heavy atom. The van der Waals surface area contributed by atoms with Gasteiger partial charge in [0, 0.05) is 19.3 Å². The van der Waals surface area contributed by atoms with Crippen molar-refractivity contribution in [2.24, 2.45) is 12.5 Å². The molecule has 0 aliphatic carbocycles. The number of carbonyl (C=O) groups excluding carboxylic acids is 1. The molecule has 1 aromatic rings. The first-order valence-corrected chi connectivity index (χ1v) is 5.76. The molecule has 2 N–H and O–H groups in total. The third kappa shape index (κ3) is 3.32. The minimum atomic E-state index is -0.870. The summed E-state index contributed by atoms with van der Waals surface area (Å²) in [5.41, 5.74) is 0.405. The summed E-state index contributed by atoms with van der Waals surface area (Å²) < 4.78 is 1.62. The van der Waals surface area contributed by atoms with Gasteiger partial charge in [-0.05, 0) is 33.3 Å². The zero-order valence-corrected chi connectivity index (χ0v) is 11.1. The smallest absolute Gasteiger partial charge is 0.309 e. The molecule has 0 aliphatic rings. The third-order valence-electron chi connectivity index (χ3n) is 2.96. The highest BCUT2D eigenvalue weighted by Crippen LogP contribution is 2.19. The number of aryl methyl sites for hydroxylation is 2. The van der Waals surface area contributed by atoms with Crippen LogP contribution < -0.4 is 5.32 Å². The second kappa shape index (κ2) is 5.20. The number of carbonyl (C=O) groups is 2. The molecule has 0 bridgehead atoms. The number of rotatable bonds is 5. The van der Waals surface area contributed by atoms with Gasteiger partial charge in [-0.1, -0.05) is 0 Å². The van der Waals surface area contributed by atoms with E-state index in [2.05, 4.69) is 10.4 Å². The lowest BCUT2D eigenvalue weighted by Gasteiger charge is -2.18. The molecule has 0 saturated carbocycles. The number of hydrogen-bond acceptors (Lipinski definition) is 3. The second-order valence-corrected chi connectivity index (χ2v) is 4.99. The van der Waals surface area contributed by atoms with Crippen molar-refractivity contribution in [3.63, 3.8) is 0 Å². The van der Waals surface area contributed by atoms with E-state index in [9.17, 15) is 9.59 Å². The Balaban J connectivity index is 2.50. The summed E-state index contributed by atoms with van der Waals surface area (Å²) in [6, 6.07) is 1.69. The molecule has 18 heavy (non-hydrogen) atoms. The minimum Gasteiger partial charge on any atom is -0.481 e. The Bertz CT molecular complexity index is 444. The largest absolute Gasteiger partial charge is 0.481 e. The normalized spacial score (nSPS) is 11.3. The van der Waals surface area contributed by atoms with Crippen molar-refractivity contribution in [3.8, 4) is 0 Å². The highest BCUT2D eigenvalue weighted by atomic mass is 16.4. The molecule has 1 aromatic heterocycles. The minimum absolute atomic E-state index is 0.278. The average molecular weight is 253 g/mol. The molecule has 0 aliphatic heterocycles. The maximum absolute atomic E-state index is 11.7. The van der Waals surface area contributed by atoms with Crippen LogP contribution in [0.3, 0.4) is 0 Å². The van der Waals surface area contributed by atoms with Crippen LogP contribution in [0.1, 0.15) is 36.5 Å². The van der Waals surface area contributed by atoms with Crippen molar-refractivity contribution >= 4 is 11.9 Å². The Labute approximate surface area is 106 Å². The molecule has 100 valence electrons. The molecular weight excluding hydrogens is 234 g/mol. The van der Waals surface area contributed by atoms with Crippen LogP contribution in [0.2, 0.25) is 0 Å². The Kier molecular flexibility index (Phi) is 4.11. The van der Waals surface area contributed by atoms with Gasteiger partial charge in [-0.3, -0.25) is 14.3 Å². The van der Waals surface area contributed by atoms with E-state index in [4.69, 9.17) is 5.11 Å². The molecule has 1 heterocycles. The van der Waals surface area contributed by atoms with Crippen LogP contribution in [0, 0.1) is 12.3 Å². The predicted molar refractivity (Wildman–Crippen MR) is 66.3 cm³/mol. The van der Waals surface area contributed by atoms with E-state index >= 15 is 0 Å². The molecular formula is C12H19N3O3. The maximum Gasteiger partial charge on any atom is 0.309 e. The monoisotopic (exact) mass is 253 g/mol. The van der Waals surface area contributed by atoms with Crippen LogP contribution >= 0.6 is 0 Å². The van der Waals surface area contributed by atoms with Gasteiger partial charge in [-0.2, -0.15) is 5.10 Å². The van der Waals surface area contributed by atoms with Crippen LogP contribution in [0.4, 0.5) is 0 Å². The summed E-state index contributed by atoms with van der Waals surface area (Å²) in [6.07, 6.45) is 0.375. The van der Waals surface area contributed by atoms with Crippen molar-refractivity contribution < 1.29 is 14.7 Å².